The molecule has 2 rings (SSSR count). The molecule has 0 bridgehead atoms. The number of anilines is 1. The third-order valence-corrected chi connectivity index (χ3v) is 6.26. The van der Waals surface area contributed by atoms with Crippen LogP contribution < -0.4 is 11.1 Å². The van der Waals surface area contributed by atoms with Crippen molar-refractivity contribution in [2.45, 2.75) is 18.2 Å². The van der Waals surface area contributed by atoms with Gasteiger partial charge in [-0.2, -0.15) is 4.31 Å². The number of hydrogen-bond acceptors (Lipinski definition) is 6. The molecule has 0 aliphatic heterocycles. The lowest BCUT2D eigenvalue weighted by Gasteiger charge is -2.20. The summed E-state index contributed by atoms with van der Waals surface area (Å²) in [5.74, 6) is -1.61. The standard InChI is InChI=1S/C20H23N3O6S/c1-3-23(30(27,28)17-6-4-5-15(13-17)20(26)29-2)12-11-18(24)22-16-9-7-14(8-10-16)19(21)25/h4-10,13H,3,11-12H2,1-2H3,(H2,21,25)(H,22,24). The first kappa shape index (κ1) is 23.0. The first-order valence-electron chi connectivity index (χ1n) is 9.07. The average molecular weight is 433 g/mol. The van der Waals surface area contributed by atoms with E-state index in [9.17, 15) is 22.8 Å². The molecule has 0 aliphatic carbocycles. The van der Waals surface area contributed by atoms with Crippen LogP contribution in [0, 0.1) is 0 Å². The zero-order valence-corrected chi connectivity index (χ0v) is 17.4. The van der Waals surface area contributed by atoms with Crippen LogP contribution in [0.5, 0.6) is 0 Å². The molecule has 2 amide bonds. The van der Waals surface area contributed by atoms with E-state index >= 15 is 0 Å². The molecule has 0 saturated heterocycles. The highest BCUT2D eigenvalue weighted by atomic mass is 32.2. The lowest BCUT2D eigenvalue weighted by Crippen LogP contribution is -2.33. The van der Waals surface area contributed by atoms with Gasteiger partial charge in [-0.15, -0.1) is 0 Å². The van der Waals surface area contributed by atoms with Gasteiger partial charge in [0, 0.05) is 30.8 Å². The number of nitrogens with two attached hydrogens (primary N) is 1. The van der Waals surface area contributed by atoms with Crippen molar-refractivity contribution in [2.75, 3.05) is 25.5 Å². The molecule has 0 heterocycles. The number of amides is 2. The van der Waals surface area contributed by atoms with Crippen molar-refractivity contribution < 1.29 is 27.5 Å². The van der Waals surface area contributed by atoms with Crippen molar-refractivity contribution in [1.29, 1.82) is 0 Å². The number of carbonyl (C=O) groups excluding carboxylic acids is 3. The molecule has 30 heavy (non-hydrogen) atoms. The van der Waals surface area contributed by atoms with Gasteiger partial charge in [0.25, 0.3) is 0 Å². The van der Waals surface area contributed by atoms with E-state index in [1.807, 2.05) is 0 Å². The molecule has 160 valence electrons. The zero-order valence-electron chi connectivity index (χ0n) is 16.6. The van der Waals surface area contributed by atoms with Crippen molar-refractivity contribution in [1.82, 2.24) is 4.31 Å². The Morgan fingerprint density at radius 1 is 1.07 bits per heavy atom. The molecule has 0 unspecified atom stereocenters. The van der Waals surface area contributed by atoms with Gasteiger partial charge in [-0.1, -0.05) is 13.0 Å². The highest BCUT2D eigenvalue weighted by Gasteiger charge is 2.24. The van der Waals surface area contributed by atoms with E-state index < -0.39 is 27.8 Å². The molecular weight excluding hydrogens is 410 g/mol. The average Bonchev–Trinajstić information content (AvgIpc) is 2.73. The molecule has 0 aliphatic rings. The van der Waals surface area contributed by atoms with E-state index in [2.05, 4.69) is 10.1 Å². The van der Waals surface area contributed by atoms with E-state index in [4.69, 9.17) is 5.73 Å². The fraction of sp³-hybridized carbons (Fsp3) is 0.250. The second-order valence-electron chi connectivity index (χ2n) is 6.26. The number of nitrogens with one attached hydrogen (secondary N) is 1. The number of sulfonamides is 1. The number of nitrogens with zero attached hydrogens (tertiary/aromatic N) is 1. The third-order valence-electron chi connectivity index (χ3n) is 4.29. The van der Waals surface area contributed by atoms with Crippen LogP contribution in [-0.4, -0.2) is 50.7 Å². The summed E-state index contributed by atoms with van der Waals surface area (Å²) < 4.78 is 31.6. The molecule has 2 aromatic carbocycles. The highest BCUT2D eigenvalue weighted by molar-refractivity contribution is 7.89. The number of primary amides is 1. The van der Waals surface area contributed by atoms with Crippen LogP contribution in [0.3, 0.4) is 0 Å². The topological polar surface area (TPSA) is 136 Å². The second-order valence-corrected chi connectivity index (χ2v) is 8.19. The number of hydrogen-bond donors (Lipinski definition) is 2. The van der Waals surface area contributed by atoms with Crippen molar-refractivity contribution in [3.05, 3.63) is 59.7 Å². The number of carbonyl (C=O) groups is 3. The number of rotatable bonds is 9. The molecule has 0 aromatic heterocycles. The fourth-order valence-corrected chi connectivity index (χ4v) is 4.16. The Labute approximate surface area is 174 Å². The molecule has 0 saturated carbocycles. The normalized spacial score (nSPS) is 11.2. The summed E-state index contributed by atoms with van der Waals surface area (Å²) in [4.78, 5) is 34.9. The van der Waals surface area contributed by atoms with Crippen LogP contribution >= 0.6 is 0 Å². The molecule has 0 spiro atoms. The number of methoxy groups -OCH3 is 1. The maximum atomic E-state index is 12.9. The van der Waals surface area contributed by atoms with Gasteiger partial charge in [0.05, 0.1) is 17.6 Å². The number of benzene rings is 2. The molecule has 0 radical (unpaired) electrons. The Hall–Kier alpha value is -3.24. The van der Waals surface area contributed by atoms with Gasteiger partial charge in [0.1, 0.15) is 0 Å². The molecule has 3 N–H and O–H groups in total. The van der Waals surface area contributed by atoms with Gasteiger partial charge >= 0.3 is 5.97 Å². The fourth-order valence-electron chi connectivity index (χ4n) is 2.67. The SMILES string of the molecule is CCN(CCC(=O)Nc1ccc(C(N)=O)cc1)S(=O)(=O)c1cccc(C(=O)OC)c1. The summed E-state index contributed by atoms with van der Waals surface area (Å²) in [5.41, 5.74) is 6.06. The summed E-state index contributed by atoms with van der Waals surface area (Å²) in [7, 11) is -2.69. The summed E-state index contributed by atoms with van der Waals surface area (Å²) in [6, 6.07) is 11.6. The van der Waals surface area contributed by atoms with Gasteiger partial charge in [-0.25, -0.2) is 13.2 Å². The van der Waals surface area contributed by atoms with Crippen LogP contribution in [0.15, 0.2) is 53.4 Å². The maximum absolute atomic E-state index is 12.9. The van der Waals surface area contributed by atoms with Crippen LogP contribution in [0.25, 0.3) is 0 Å². The van der Waals surface area contributed by atoms with Gasteiger partial charge in [0.2, 0.25) is 21.8 Å². The highest BCUT2D eigenvalue weighted by Crippen LogP contribution is 2.18. The minimum absolute atomic E-state index is 0.0491. The Morgan fingerprint density at radius 3 is 2.30 bits per heavy atom. The first-order chi connectivity index (χ1) is 14.2. The summed E-state index contributed by atoms with van der Waals surface area (Å²) in [6.45, 7) is 1.75. The second kappa shape index (κ2) is 9.99. The van der Waals surface area contributed by atoms with E-state index in [0.29, 0.717) is 11.3 Å². The van der Waals surface area contributed by atoms with E-state index in [0.717, 1.165) is 4.31 Å². The Morgan fingerprint density at radius 2 is 1.73 bits per heavy atom. The molecule has 0 atom stereocenters. The smallest absolute Gasteiger partial charge is 0.337 e. The first-order valence-corrected chi connectivity index (χ1v) is 10.5. The summed E-state index contributed by atoms with van der Waals surface area (Å²) in [5, 5.41) is 2.64. The minimum atomic E-state index is -3.90. The van der Waals surface area contributed by atoms with Crippen molar-refractivity contribution in [3.63, 3.8) is 0 Å². The van der Waals surface area contributed by atoms with Crippen LogP contribution in [0.2, 0.25) is 0 Å². The molecule has 10 heteroatoms. The van der Waals surface area contributed by atoms with Gasteiger partial charge in [-0.3, -0.25) is 9.59 Å². The van der Waals surface area contributed by atoms with Crippen LogP contribution in [0.1, 0.15) is 34.1 Å². The molecular formula is C20H23N3O6S. The van der Waals surface area contributed by atoms with Gasteiger partial charge in [-0.05, 0) is 42.5 Å². The Bertz CT molecular complexity index is 1030. The van der Waals surface area contributed by atoms with Crippen molar-refractivity contribution in [2.24, 2.45) is 5.73 Å². The number of ether oxygens (including phenoxy) is 1. The van der Waals surface area contributed by atoms with Crippen LogP contribution in [-0.2, 0) is 19.6 Å². The van der Waals surface area contributed by atoms with Crippen LogP contribution in [0.4, 0.5) is 5.69 Å². The molecule has 2 aromatic rings. The van der Waals surface area contributed by atoms with Crippen molar-refractivity contribution >= 4 is 33.5 Å². The quantitative estimate of drug-likeness (QED) is 0.577. The predicted octanol–water partition coefficient (Wildman–Crippen LogP) is 1.61. The largest absolute Gasteiger partial charge is 0.465 e. The van der Waals surface area contributed by atoms with E-state index in [1.165, 1.54) is 55.6 Å². The lowest BCUT2D eigenvalue weighted by molar-refractivity contribution is -0.116. The molecule has 0 fully saturated rings. The van der Waals surface area contributed by atoms with Gasteiger partial charge < -0.3 is 15.8 Å². The zero-order chi connectivity index (χ0) is 22.3. The van der Waals surface area contributed by atoms with Gasteiger partial charge in [0.15, 0.2) is 0 Å². The Kier molecular flexibility index (Phi) is 7.67. The lowest BCUT2D eigenvalue weighted by atomic mass is 10.2. The summed E-state index contributed by atoms with van der Waals surface area (Å²) in [6.07, 6.45) is -0.0820. The monoisotopic (exact) mass is 433 g/mol. The van der Waals surface area contributed by atoms with E-state index in [1.54, 1.807) is 6.92 Å². The minimum Gasteiger partial charge on any atom is -0.465 e. The Balaban J connectivity index is 2.06. The maximum Gasteiger partial charge on any atom is 0.337 e. The third kappa shape index (κ3) is 5.65. The summed E-state index contributed by atoms with van der Waals surface area (Å²) >= 11 is 0. The number of esters is 1. The van der Waals surface area contributed by atoms with E-state index in [-0.39, 0.29) is 30.0 Å². The predicted molar refractivity (Wildman–Crippen MR) is 110 cm³/mol. The van der Waals surface area contributed by atoms with Crippen molar-refractivity contribution in [3.8, 4) is 0 Å². The molecule has 9 nitrogen and oxygen atoms in total.